The third kappa shape index (κ3) is 5.98. The monoisotopic (exact) mass is 361 g/mol. The number of aromatic nitrogens is 1. The number of nitrogens with one attached hydrogen (secondary N) is 2. The minimum atomic E-state index is -0.441. The third-order valence-corrected chi connectivity index (χ3v) is 4.47. The van der Waals surface area contributed by atoms with Crippen LogP contribution in [0.1, 0.15) is 32.8 Å². The van der Waals surface area contributed by atoms with Crippen LogP contribution in [0.15, 0.2) is 18.3 Å². The fourth-order valence-corrected chi connectivity index (χ4v) is 2.71. The van der Waals surface area contributed by atoms with Gasteiger partial charge in [-0.1, -0.05) is 26.8 Å². The Hall–Kier alpha value is -2.15. The first kappa shape index (κ1) is 20.2. The van der Waals surface area contributed by atoms with Gasteiger partial charge in [0.2, 0.25) is 11.8 Å². The highest BCUT2D eigenvalue weighted by molar-refractivity contribution is 5.82. The Morgan fingerprint density at radius 2 is 1.85 bits per heavy atom. The summed E-state index contributed by atoms with van der Waals surface area (Å²) < 4.78 is 0. The topological polar surface area (TPSA) is 77.6 Å². The molecule has 1 aromatic heterocycles. The fourth-order valence-electron chi connectivity index (χ4n) is 2.71. The molecule has 1 aliphatic heterocycles. The lowest BCUT2D eigenvalue weighted by Gasteiger charge is -2.34. The number of likely N-dealkylation sites (N-methyl/N-ethyl adjacent to an activating group) is 1. The summed E-state index contributed by atoms with van der Waals surface area (Å²) in [6.45, 7) is 10.2. The molecule has 0 aromatic carbocycles. The average molecular weight is 361 g/mol. The van der Waals surface area contributed by atoms with Gasteiger partial charge in [0.05, 0.1) is 0 Å². The molecule has 2 amide bonds. The molecule has 26 heavy (non-hydrogen) atoms. The quantitative estimate of drug-likeness (QED) is 0.790. The van der Waals surface area contributed by atoms with Gasteiger partial charge in [0.25, 0.3) is 0 Å². The summed E-state index contributed by atoms with van der Waals surface area (Å²) in [4.78, 5) is 33.0. The summed E-state index contributed by atoms with van der Waals surface area (Å²) in [5, 5.41) is 5.73. The molecule has 7 nitrogen and oxygen atoms in total. The first-order chi connectivity index (χ1) is 12.3. The predicted octanol–water partition coefficient (Wildman–Crippen LogP) is 1.00. The zero-order chi connectivity index (χ0) is 19.2. The van der Waals surface area contributed by atoms with E-state index in [-0.39, 0.29) is 18.2 Å². The van der Waals surface area contributed by atoms with Crippen molar-refractivity contribution in [3.63, 3.8) is 0 Å². The van der Waals surface area contributed by atoms with Crippen molar-refractivity contribution in [3.8, 4) is 0 Å². The van der Waals surface area contributed by atoms with Crippen molar-refractivity contribution in [2.45, 2.75) is 33.7 Å². The molecule has 1 fully saturated rings. The van der Waals surface area contributed by atoms with Crippen molar-refractivity contribution in [2.75, 3.05) is 44.7 Å². The SMILES string of the molecule is CN1CCN(c2ncccc2CNC(=O)CCNC(=O)C(C)(C)C)CC1. The second-order valence-electron chi connectivity index (χ2n) is 7.81. The number of amides is 2. The van der Waals surface area contributed by atoms with Crippen LogP contribution >= 0.6 is 0 Å². The normalized spacial score (nSPS) is 15.6. The van der Waals surface area contributed by atoms with Gasteiger partial charge in [-0.25, -0.2) is 4.98 Å². The Kier molecular flexibility index (Phi) is 6.97. The zero-order valence-electron chi connectivity index (χ0n) is 16.3. The lowest BCUT2D eigenvalue weighted by Crippen LogP contribution is -2.45. The number of carbonyl (C=O) groups excluding carboxylic acids is 2. The molecule has 2 rings (SSSR count). The highest BCUT2D eigenvalue weighted by atomic mass is 16.2. The third-order valence-electron chi connectivity index (χ3n) is 4.47. The molecule has 0 aliphatic carbocycles. The molecular formula is C19H31N5O2. The lowest BCUT2D eigenvalue weighted by molar-refractivity contribution is -0.128. The van der Waals surface area contributed by atoms with Gasteiger partial charge in [0.1, 0.15) is 5.82 Å². The van der Waals surface area contributed by atoms with E-state index in [1.807, 2.05) is 32.9 Å². The number of anilines is 1. The van der Waals surface area contributed by atoms with E-state index >= 15 is 0 Å². The molecule has 7 heteroatoms. The van der Waals surface area contributed by atoms with Crippen LogP contribution in [0.3, 0.4) is 0 Å². The van der Waals surface area contributed by atoms with Gasteiger partial charge in [-0.2, -0.15) is 0 Å². The summed E-state index contributed by atoms with van der Waals surface area (Å²) in [6, 6.07) is 3.90. The molecule has 1 aliphatic rings. The van der Waals surface area contributed by atoms with E-state index in [2.05, 4.69) is 32.5 Å². The fraction of sp³-hybridized carbons (Fsp3) is 0.632. The van der Waals surface area contributed by atoms with Crippen LogP contribution in [0.25, 0.3) is 0 Å². The first-order valence-corrected chi connectivity index (χ1v) is 9.20. The molecule has 0 atom stereocenters. The number of hydrogen-bond donors (Lipinski definition) is 2. The number of rotatable bonds is 6. The Morgan fingerprint density at radius 3 is 2.50 bits per heavy atom. The van der Waals surface area contributed by atoms with Crippen molar-refractivity contribution < 1.29 is 9.59 Å². The maximum atomic E-state index is 12.1. The summed E-state index contributed by atoms with van der Waals surface area (Å²) in [7, 11) is 2.12. The summed E-state index contributed by atoms with van der Waals surface area (Å²) in [5.74, 6) is 0.823. The maximum Gasteiger partial charge on any atom is 0.225 e. The Labute approximate surface area is 156 Å². The van der Waals surface area contributed by atoms with Crippen LogP contribution in [0, 0.1) is 5.41 Å². The van der Waals surface area contributed by atoms with Crippen molar-refractivity contribution in [1.29, 1.82) is 0 Å². The van der Waals surface area contributed by atoms with Gasteiger partial charge in [0.15, 0.2) is 0 Å². The highest BCUT2D eigenvalue weighted by Crippen LogP contribution is 2.18. The molecule has 0 spiro atoms. The van der Waals surface area contributed by atoms with E-state index in [4.69, 9.17) is 0 Å². The van der Waals surface area contributed by atoms with Gasteiger partial charge in [-0.15, -0.1) is 0 Å². The van der Waals surface area contributed by atoms with Crippen molar-refractivity contribution in [1.82, 2.24) is 20.5 Å². The molecule has 2 heterocycles. The zero-order valence-corrected chi connectivity index (χ0v) is 16.3. The summed E-state index contributed by atoms with van der Waals surface area (Å²) >= 11 is 0. The van der Waals surface area contributed by atoms with Crippen LogP contribution < -0.4 is 15.5 Å². The average Bonchev–Trinajstić information content (AvgIpc) is 2.60. The molecule has 1 saturated heterocycles. The van der Waals surface area contributed by atoms with E-state index in [1.165, 1.54) is 0 Å². The second kappa shape index (κ2) is 8.98. The molecule has 0 radical (unpaired) electrons. The molecule has 0 unspecified atom stereocenters. The minimum absolute atomic E-state index is 0.0464. The first-order valence-electron chi connectivity index (χ1n) is 9.20. The lowest BCUT2D eigenvalue weighted by atomic mass is 9.96. The largest absolute Gasteiger partial charge is 0.355 e. The summed E-state index contributed by atoms with van der Waals surface area (Å²) in [5.41, 5.74) is 0.577. The molecule has 0 bridgehead atoms. The number of nitrogens with zero attached hydrogens (tertiary/aromatic N) is 3. The van der Waals surface area contributed by atoms with Gasteiger partial charge in [-0.05, 0) is 13.1 Å². The van der Waals surface area contributed by atoms with E-state index < -0.39 is 5.41 Å². The molecule has 144 valence electrons. The van der Waals surface area contributed by atoms with Gasteiger partial charge in [0, 0.05) is 62.9 Å². The van der Waals surface area contributed by atoms with E-state index in [9.17, 15) is 9.59 Å². The Balaban J connectivity index is 1.82. The number of hydrogen-bond acceptors (Lipinski definition) is 5. The van der Waals surface area contributed by atoms with Crippen LogP contribution in [0.2, 0.25) is 0 Å². The second-order valence-corrected chi connectivity index (χ2v) is 7.81. The molecule has 0 saturated carbocycles. The predicted molar refractivity (Wildman–Crippen MR) is 103 cm³/mol. The van der Waals surface area contributed by atoms with Crippen molar-refractivity contribution >= 4 is 17.6 Å². The molecule has 1 aromatic rings. The van der Waals surface area contributed by atoms with Gasteiger partial charge < -0.3 is 20.4 Å². The van der Waals surface area contributed by atoms with E-state index in [0.717, 1.165) is 37.6 Å². The van der Waals surface area contributed by atoms with E-state index in [1.54, 1.807) is 6.20 Å². The highest BCUT2D eigenvalue weighted by Gasteiger charge is 2.21. The maximum absolute atomic E-state index is 12.1. The van der Waals surface area contributed by atoms with Gasteiger partial charge in [-0.3, -0.25) is 9.59 Å². The number of pyridine rings is 1. The van der Waals surface area contributed by atoms with Crippen LogP contribution in [-0.2, 0) is 16.1 Å². The standard InChI is InChI=1S/C19H31N5O2/c1-19(2,3)18(26)21-9-7-16(25)22-14-15-6-5-8-20-17(15)24-12-10-23(4)11-13-24/h5-6,8H,7,9-14H2,1-4H3,(H,21,26)(H,22,25). The van der Waals surface area contributed by atoms with Crippen molar-refractivity contribution in [3.05, 3.63) is 23.9 Å². The smallest absolute Gasteiger partial charge is 0.225 e. The van der Waals surface area contributed by atoms with Crippen LogP contribution in [0.4, 0.5) is 5.82 Å². The van der Waals surface area contributed by atoms with Gasteiger partial charge >= 0.3 is 0 Å². The minimum Gasteiger partial charge on any atom is -0.355 e. The summed E-state index contributed by atoms with van der Waals surface area (Å²) in [6.07, 6.45) is 2.06. The number of carbonyl (C=O) groups is 2. The van der Waals surface area contributed by atoms with Crippen LogP contribution in [0.5, 0.6) is 0 Å². The molecule has 2 N–H and O–H groups in total. The van der Waals surface area contributed by atoms with Crippen LogP contribution in [-0.4, -0.2) is 61.5 Å². The Bertz CT molecular complexity index is 619. The van der Waals surface area contributed by atoms with Crippen molar-refractivity contribution in [2.24, 2.45) is 5.41 Å². The van der Waals surface area contributed by atoms with E-state index in [0.29, 0.717) is 13.1 Å². The Morgan fingerprint density at radius 1 is 1.15 bits per heavy atom. The number of piperazine rings is 1. The molecular weight excluding hydrogens is 330 g/mol.